The van der Waals surface area contributed by atoms with Crippen LogP contribution in [0.2, 0.25) is 0 Å². The number of aryl methyl sites for hydroxylation is 1. The van der Waals surface area contributed by atoms with E-state index >= 15 is 0 Å². The maximum Gasteiger partial charge on any atom is 0.177 e. The van der Waals surface area contributed by atoms with Crippen LogP contribution in [-0.2, 0) is 0 Å². The molecule has 1 fully saturated rings. The summed E-state index contributed by atoms with van der Waals surface area (Å²) in [4.78, 5) is 17.1. The van der Waals surface area contributed by atoms with Crippen molar-refractivity contribution in [3.63, 3.8) is 0 Å². The third-order valence-corrected chi connectivity index (χ3v) is 3.91. The number of piperidine rings is 1. The van der Waals surface area contributed by atoms with Crippen LogP contribution in [0.15, 0.2) is 6.20 Å². The summed E-state index contributed by atoms with van der Waals surface area (Å²) in [5.41, 5.74) is 0. The Morgan fingerprint density at radius 2 is 2.47 bits per heavy atom. The maximum atomic E-state index is 12.2. The number of hydrogen-bond donors (Lipinski definition) is 1. The minimum atomic E-state index is 0.186. The lowest BCUT2D eigenvalue weighted by atomic mass is 9.84. The zero-order chi connectivity index (χ0) is 10.8. The van der Waals surface area contributed by atoms with Crippen molar-refractivity contribution in [2.24, 2.45) is 11.8 Å². The summed E-state index contributed by atoms with van der Waals surface area (Å²) >= 11 is 1.51. The lowest BCUT2D eigenvalue weighted by Gasteiger charge is -2.27. The van der Waals surface area contributed by atoms with Crippen molar-refractivity contribution in [2.75, 3.05) is 13.1 Å². The van der Waals surface area contributed by atoms with Crippen molar-refractivity contribution in [2.45, 2.75) is 20.3 Å². The monoisotopic (exact) mass is 224 g/mol. The number of thiazole rings is 1. The fourth-order valence-electron chi connectivity index (χ4n) is 2.06. The van der Waals surface area contributed by atoms with E-state index in [1.807, 2.05) is 6.92 Å². The summed E-state index contributed by atoms with van der Waals surface area (Å²) in [5, 5.41) is 4.28. The Kier molecular flexibility index (Phi) is 3.17. The van der Waals surface area contributed by atoms with Crippen molar-refractivity contribution in [3.05, 3.63) is 16.1 Å². The number of nitrogens with zero attached hydrogens (tertiary/aromatic N) is 1. The predicted octanol–water partition coefficient (Wildman–Crippen LogP) is 1.88. The molecule has 82 valence electrons. The third kappa shape index (κ3) is 2.26. The van der Waals surface area contributed by atoms with Gasteiger partial charge in [0.15, 0.2) is 5.78 Å². The molecule has 0 aromatic carbocycles. The Balaban J connectivity index is 2.13. The van der Waals surface area contributed by atoms with Gasteiger partial charge < -0.3 is 5.32 Å². The largest absolute Gasteiger partial charge is 0.316 e. The molecule has 1 N–H and O–H groups in total. The van der Waals surface area contributed by atoms with Crippen LogP contribution in [0, 0.1) is 18.8 Å². The molecule has 1 saturated heterocycles. The van der Waals surface area contributed by atoms with E-state index in [-0.39, 0.29) is 11.7 Å². The standard InChI is InChI=1S/C11H16N2OS/c1-7-5-12-4-3-9(7)11(14)10-6-13-8(2)15-10/h6-7,9,12H,3-5H2,1-2H3. The number of hydrogen-bond acceptors (Lipinski definition) is 4. The summed E-state index contributed by atoms with van der Waals surface area (Å²) in [6.45, 7) is 5.99. The molecule has 0 spiro atoms. The fourth-order valence-corrected chi connectivity index (χ4v) is 2.84. The lowest BCUT2D eigenvalue weighted by molar-refractivity contribution is 0.0852. The van der Waals surface area contributed by atoms with E-state index in [1.54, 1.807) is 6.20 Å². The normalized spacial score (nSPS) is 26.5. The Labute approximate surface area is 93.9 Å². The molecular weight excluding hydrogens is 208 g/mol. The molecular formula is C11H16N2OS. The number of aromatic nitrogens is 1. The van der Waals surface area contributed by atoms with Gasteiger partial charge in [-0.1, -0.05) is 6.92 Å². The van der Waals surface area contributed by atoms with Crippen LogP contribution in [0.25, 0.3) is 0 Å². The van der Waals surface area contributed by atoms with E-state index in [2.05, 4.69) is 17.2 Å². The van der Waals surface area contributed by atoms with Crippen LogP contribution in [0.3, 0.4) is 0 Å². The molecule has 15 heavy (non-hydrogen) atoms. The van der Waals surface area contributed by atoms with Gasteiger partial charge >= 0.3 is 0 Å². The Morgan fingerprint density at radius 3 is 3.07 bits per heavy atom. The van der Waals surface area contributed by atoms with Crippen molar-refractivity contribution in [1.82, 2.24) is 10.3 Å². The summed E-state index contributed by atoms with van der Waals surface area (Å²) in [5.74, 6) is 0.911. The Morgan fingerprint density at radius 1 is 1.67 bits per heavy atom. The highest BCUT2D eigenvalue weighted by atomic mass is 32.1. The Bertz CT molecular complexity index is 361. The van der Waals surface area contributed by atoms with Gasteiger partial charge in [0.2, 0.25) is 0 Å². The summed E-state index contributed by atoms with van der Waals surface area (Å²) < 4.78 is 0. The van der Waals surface area contributed by atoms with Crippen LogP contribution in [0.1, 0.15) is 28.0 Å². The summed E-state index contributed by atoms with van der Waals surface area (Å²) in [7, 11) is 0. The molecule has 3 nitrogen and oxygen atoms in total. The minimum Gasteiger partial charge on any atom is -0.316 e. The van der Waals surface area contributed by atoms with Crippen molar-refractivity contribution in [3.8, 4) is 0 Å². The number of Topliss-reactive ketones (excluding diaryl/α,β-unsaturated/α-hetero) is 1. The molecule has 2 unspecified atom stereocenters. The number of nitrogens with one attached hydrogen (secondary N) is 1. The van der Waals surface area contributed by atoms with E-state index in [0.717, 1.165) is 29.4 Å². The average Bonchev–Trinajstić information content (AvgIpc) is 2.65. The van der Waals surface area contributed by atoms with Gasteiger partial charge in [-0.3, -0.25) is 4.79 Å². The van der Waals surface area contributed by atoms with Crippen molar-refractivity contribution >= 4 is 17.1 Å². The second-order valence-corrected chi connectivity index (χ2v) is 5.42. The number of ketones is 1. The second-order valence-electron chi connectivity index (χ2n) is 4.18. The number of carbonyl (C=O) groups is 1. The number of carbonyl (C=O) groups excluding carboxylic acids is 1. The molecule has 0 radical (unpaired) electrons. The van der Waals surface area contributed by atoms with E-state index in [0.29, 0.717) is 5.92 Å². The highest BCUT2D eigenvalue weighted by molar-refractivity contribution is 7.13. The molecule has 4 heteroatoms. The topological polar surface area (TPSA) is 42.0 Å². The molecule has 1 aliphatic rings. The van der Waals surface area contributed by atoms with Crippen molar-refractivity contribution < 1.29 is 4.79 Å². The molecule has 1 aromatic heterocycles. The summed E-state index contributed by atoms with van der Waals surface area (Å²) in [6.07, 6.45) is 2.67. The van der Waals surface area contributed by atoms with E-state index in [9.17, 15) is 4.79 Å². The first kappa shape index (κ1) is 10.8. The van der Waals surface area contributed by atoms with Gasteiger partial charge in [0, 0.05) is 12.1 Å². The molecule has 0 amide bonds. The quantitative estimate of drug-likeness (QED) is 0.780. The first-order valence-corrected chi connectivity index (χ1v) is 6.17. The van der Waals surface area contributed by atoms with Crippen molar-refractivity contribution in [1.29, 1.82) is 0 Å². The molecule has 2 rings (SSSR count). The van der Waals surface area contributed by atoms with Gasteiger partial charge in [-0.15, -0.1) is 11.3 Å². The van der Waals surface area contributed by atoms with Gasteiger partial charge in [-0.2, -0.15) is 0 Å². The van der Waals surface area contributed by atoms with Crippen LogP contribution < -0.4 is 5.32 Å². The number of rotatable bonds is 2. The zero-order valence-electron chi connectivity index (χ0n) is 9.12. The molecule has 2 heterocycles. The predicted molar refractivity (Wildman–Crippen MR) is 61.3 cm³/mol. The van der Waals surface area contributed by atoms with Gasteiger partial charge in [0.1, 0.15) is 0 Å². The van der Waals surface area contributed by atoms with Crippen LogP contribution in [-0.4, -0.2) is 23.9 Å². The zero-order valence-corrected chi connectivity index (χ0v) is 9.93. The molecule has 0 bridgehead atoms. The molecule has 1 aromatic rings. The smallest absolute Gasteiger partial charge is 0.177 e. The molecule has 1 aliphatic heterocycles. The van der Waals surface area contributed by atoms with Gasteiger partial charge in [0.25, 0.3) is 0 Å². The molecule has 0 aliphatic carbocycles. The first-order valence-electron chi connectivity index (χ1n) is 5.36. The van der Waals surface area contributed by atoms with E-state index in [1.165, 1.54) is 11.3 Å². The highest BCUT2D eigenvalue weighted by Gasteiger charge is 2.29. The first-order chi connectivity index (χ1) is 7.18. The Hall–Kier alpha value is -0.740. The van der Waals surface area contributed by atoms with Gasteiger partial charge in [-0.25, -0.2) is 4.98 Å². The van der Waals surface area contributed by atoms with Crippen LogP contribution in [0.4, 0.5) is 0 Å². The van der Waals surface area contributed by atoms with E-state index in [4.69, 9.17) is 0 Å². The molecule has 0 saturated carbocycles. The lowest BCUT2D eigenvalue weighted by Crippen LogP contribution is -2.38. The third-order valence-electron chi connectivity index (χ3n) is 2.99. The summed E-state index contributed by atoms with van der Waals surface area (Å²) in [6, 6.07) is 0. The van der Waals surface area contributed by atoms with E-state index < -0.39 is 0 Å². The van der Waals surface area contributed by atoms with Gasteiger partial charge in [0.05, 0.1) is 9.88 Å². The molecule has 2 atom stereocenters. The fraction of sp³-hybridized carbons (Fsp3) is 0.636. The average molecular weight is 224 g/mol. The maximum absolute atomic E-state index is 12.2. The second kappa shape index (κ2) is 4.41. The highest BCUT2D eigenvalue weighted by Crippen LogP contribution is 2.25. The van der Waals surface area contributed by atoms with Crippen LogP contribution >= 0.6 is 11.3 Å². The minimum absolute atomic E-state index is 0.186. The van der Waals surface area contributed by atoms with Crippen LogP contribution in [0.5, 0.6) is 0 Å². The SMILES string of the molecule is Cc1ncc(C(=O)C2CCNCC2C)s1. The van der Waals surface area contributed by atoms with Gasteiger partial charge in [-0.05, 0) is 32.4 Å².